The molecule has 1 unspecified atom stereocenters. The van der Waals surface area contributed by atoms with Crippen molar-refractivity contribution in [1.29, 1.82) is 5.41 Å². The first-order chi connectivity index (χ1) is 7.62. The van der Waals surface area contributed by atoms with Gasteiger partial charge in [0.1, 0.15) is 5.71 Å². The largest absolute Gasteiger partial charge is 0.432 e. The summed E-state index contributed by atoms with van der Waals surface area (Å²) in [5.74, 6) is 0. The Labute approximate surface area is 99.4 Å². The highest BCUT2D eigenvalue weighted by atomic mass is 19.4. The molecule has 0 saturated carbocycles. The lowest BCUT2D eigenvalue weighted by Gasteiger charge is -2.35. The molecule has 1 atom stereocenters. The molecule has 1 heterocycles. The van der Waals surface area contributed by atoms with E-state index in [2.05, 4.69) is 13.8 Å². The quantitative estimate of drug-likeness (QED) is 0.743. The summed E-state index contributed by atoms with van der Waals surface area (Å²) < 4.78 is 42.1. The first kappa shape index (κ1) is 14.2. The maximum atomic E-state index is 12.2. The molecule has 1 aliphatic rings. The van der Waals surface area contributed by atoms with Crippen molar-refractivity contribution in [3.05, 3.63) is 11.6 Å². The molecule has 1 aliphatic heterocycles. The van der Waals surface area contributed by atoms with E-state index in [1.165, 1.54) is 0 Å². The summed E-state index contributed by atoms with van der Waals surface area (Å²) in [6, 6.07) is 0. The van der Waals surface area contributed by atoms with E-state index >= 15 is 0 Å². The first-order valence-electron chi connectivity index (χ1n) is 5.57. The van der Waals surface area contributed by atoms with Crippen molar-refractivity contribution >= 4 is 5.71 Å². The van der Waals surface area contributed by atoms with E-state index in [-0.39, 0.29) is 11.5 Å². The molecule has 1 N–H and O–H groups in total. The number of rotatable bonds is 2. The summed E-state index contributed by atoms with van der Waals surface area (Å²) >= 11 is 0. The normalized spacial score (nSPS) is 25.8. The molecule has 0 aromatic rings. The SMILES string of the molecule is C/C(=C\C(=N)C(F)(F)F)C1CC(C)(C)CCO1. The average molecular weight is 249 g/mol. The number of allylic oxidation sites excluding steroid dienone is 1. The summed E-state index contributed by atoms with van der Waals surface area (Å²) in [6.07, 6.45) is -2.41. The lowest BCUT2D eigenvalue weighted by atomic mass is 9.80. The summed E-state index contributed by atoms with van der Waals surface area (Å²) in [5.41, 5.74) is -0.764. The molecular formula is C12H18F3NO. The summed E-state index contributed by atoms with van der Waals surface area (Å²) in [5, 5.41) is 6.93. The number of hydrogen-bond acceptors (Lipinski definition) is 2. The Hall–Kier alpha value is -0.840. The van der Waals surface area contributed by atoms with Crippen LogP contribution in [0.4, 0.5) is 13.2 Å². The number of ether oxygens (including phenoxy) is 1. The molecule has 17 heavy (non-hydrogen) atoms. The second kappa shape index (κ2) is 4.80. The molecule has 0 aliphatic carbocycles. The third kappa shape index (κ3) is 4.15. The Morgan fingerprint density at radius 1 is 1.41 bits per heavy atom. The van der Waals surface area contributed by atoms with Crippen molar-refractivity contribution in [2.24, 2.45) is 5.41 Å². The molecule has 1 rings (SSSR count). The van der Waals surface area contributed by atoms with Gasteiger partial charge in [-0.05, 0) is 36.8 Å². The second-order valence-electron chi connectivity index (χ2n) is 5.28. The van der Waals surface area contributed by atoms with Crippen LogP contribution >= 0.6 is 0 Å². The van der Waals surface area contributed by atoms with Gasteiger partial charge in [-0.3, -0.25) is 5.41 Å². The van der Waals surface area contributed by atoms with Crippen molar-refractivity contribution in [1.82, 2.24) is 0 Å². The van der Waals surface area contributed by atoms with Crippen molar-refractivity contribution in [3.63, 3.8) is 0 Å². The van der Waals surface area contributed by atoms with Gasteiger partial charge in [0.25, 0.3) is 0 Å². The third-order valence-corrected chi connectivity index (χ3v) is 3.02. The molecule has 0 amide bonds. The van der Waals surface area contributed by atoms with Gasteiger partial charge in [-0.2, -0.15) is 13.2 Å². The summed E-state index contributed by atoms with van der Waals surface area (Å²) in [7, 11) is 0. The van der Waals surface area contributed by atoms with Crippen LogP contribution in [0.15, 0.2) is 11.6 Å². The Balaban J connectivity index is 2.73. The van der Waals surface area contributed by atoms with Gasteiger partial charge >= 0.3 is 6.18 Å². The highest BCUT2D eigenvalue weighted by Gasteiger charge is 2.34. The highest BCUT2D eigenvalue weighted by Crippen LogP contribution is 2.34. The molecule has 1 saturated heterocycles. The molecule has 0 aromatic heterocycles. The van der Waals surface area contributed by atoms with E-state index in [0.717, 1.165) is 12.5 Å². The van der Waals surface area contributed by atoms with E-state index in [1.807, 2.05) is 0 Å². The molecule has 2 nitrogen and oxygen atoms in total. The fraction of sp³-hybridized carbons (Fsp3) is 0.750. The molecule has 0 spiro atoms. The van der Waals surface area contributed by atoms with Crippen molar-refractivity contribution in [2.45, 2.75) is 45.9 Å². The van der Waals surface area contributed by atoms with Gasteiger partial charge in [-0.1, -0.05) is 13.8 Å². The van der Waals surface area contributed by atoms with Crippen molar-refractivity contribution in [3.8, 4) is 0 Å². The first-order valence-corrected chi connectivity index (χ1v) is 5.57. The fourth-order valence-electron chi connectivity index (χ4n) is 1.84. The van der Waals surface area contributed by atoms with Crippen LogP contribution in [-0.2, 0) is 4.74 Å². The van der Waals surface area contributed by atoms with Crippen LogP contribution in [0.3, 0.4) is 0 Å². The zero-order valence-corrected chi connectivity index (χ0v) is 10.3. The molecular weight excluding hydrogens is 231 g/mol. The molecule has 0 bridgehead atoms. The van der Waals surface area contributed by atoms with Crippen LogP contribution < -0.4 is 0 Å². The van der Waals surface area contributed by atoms with Crippen molar-refractivity contribution < 1.29 is 17.9 Å². The minimum Gasteiger partial charge on any atom is -0.374 e. The number of nitrogens with one attached hydrogen (secondary N) is 1. The van der Waals surface area contributed by atoms with E-state index in [1.54, 1.807) is 6.92 Å². The maximum Gasteiger partial charge on any atom is 0.432 e. The molecule has 0 radical (unpaired) electrons. The van der Waals surface area contributed by atoms with Crippen LogP contribution in [0, 0.1) is 10.8 Å². The van der Waals surface area contributed by atoms with Crippen LogP contribution in [0.5, 0.6) is 0 Å². The second-order valence-corrected chi connectivity index (χ2v) is 5.28. The van der Waals surface area contributed by atoms with Crippen LogP contribution in [-0.4, -0.2) is 24.6 Å². The fourth-order valence-corrected chi connectivity index (χ4v) is 1.84. The van der Waals surface area contributed by atoms with E-state index in [0.29, 0.717) is 18.6 Å². The molecule has 5 heteroatoms. The Morgan fingerprint density at radius 2 is 2.00 bits per heavy atom. The van der Waals surface area contributed by atoms with Gasteiger partial charge < -0.3 is 4.74 Å². The van der Waals surface area contributed by atoms with Gasteiger partial charge in [0.2, 0.25) is 0 Å². The monoisotopic (exact) mass is 249 g/mol. The number of halogens is 3. The maximum absolute atomic E-state index is 12.2. The standard InChI is InChI=1S/C12H18F3NO/c1-8(6-10(16)12(13,14)15)9-7-11(2,3)4-5-17-9/h6,9,16H,4-5,7H2,1-3H3/b8-6+,16-10?. The van der Waals surface area contributed by atoms with Gasteiger partial charge in [0.15, 0.2) is 0 Å². The molecule has 1 fully saturated rings. The lowest BCUT2D eigenvalue weighted by Crippen LogP contribution is -2.32. The van der Waals surface area contributed by atoms with Gasteiger partial charge in [-0.15, -0.1) is 0 Å². The molecule has 0 aromatic carbocycles. The Kier molecular flexibility index (Phi) is 4.02. The summed E-state index contributed by atoms with van der Waals surface area (Å²) in [4.78, 5) is 0. The molecule has 98 valence electrons. The minimum absolute atomic E-state index is 0.0818. The highest BCUT2D eigenvalue weighted by molar-refractivity contribution is 5.97. The van der Waals surface area contributed by atoms with E-state index in [9.17, 15) is 13.2 Å². The topological polar surface area (TPSA) is 33.1 Å². The average Bonchev–Trinajstić information content (AvgIpc) is 2.14. The summed E-state index contributed by atoms with van der Waals surface area (Å²) in [6.45, 7) is 6.30. The Bertz CT molecular complexity index is 331. The minimum atomic E-state index is -4.58. The third-order valence-electron chi connectivity index (χ3n) is 3.02. The van der Waals surface area contributed by atoms with Crippen LogP contribution in [0.1, 0.15) is 33.6 Å². The van der Waals surface area contributed by atoms with Crippen molar-refractivity contribution in [2.75, 3.05) is 6.61 Å². The smallest absolute Gasteiger partial charge is 0.374 e. The van der Waals surface area contributed by atoms with Crippen LogP contribution in [0.25, 0.3) is 0 Å². The lowest BCUT2D eigenvalue weighted by molar-refractivity contribution is -0.0586. The van der Waals surface area contributed by atoms with Gasteiger partial charge in [0, 0.05) is 6.61 Å². The predicted octanol–water partition coefficient (Wildman–Crippen LogP) is 3.72. The Morgan fingerprint density at radius 3 is 2.47 bits per heavy atom. The van der Waals surface area contributed by atoms with Gasteiger partial charge in [0.05, 0.1) is 6.10 Å². The number of hydrogen-bond donors (Lipinski definition) is 1. The van der Waals surface area contributed by atoms with Crippen LogP contribution in [0.2, 0.25) is 0 Å². The number of alkyl halides is 3. The predicted molar refractivity (Wildman–Crippen MR) is 60.3 cm³/mol. The van der Waals surface area contributed by atoms with E-state index in [4.69, 9.17) is 10.1 Å². The zero-order valence-electron chi connectivity index (χ0n) is 10.3. The van der Waals surface area contributed by atoms with Gasteiger partial charge in [-0.25, -0.2) is 0 Å². The van der Waals surface area contributed by atoms with E-state index < -0.39 is 11.9 Å². The zero-order chi connectivity index (χ0) is 13.3.